The zero-order valence-electron chi connectivity index (χ0n) is 31.7. The van der Waals surface area contributed by atoms with Gasteiger partial charge in [0, 0.05) is 53.2 Å². The fraction of sp³-hybridized carbons (Fsp3) is 0.244. The summed E-state index contributed by atoms with van der Waals surface area (Å²) < 4.78 is 5.87. The number of nitrogens with one attached hydrogen (secondary N) is 2. The maximum atomic E-state index is 13.4. The lowest BCUT2D eigenvalue weighted by atomic mass is 10.00. The highest BCUT2D eigenvalue weighted by Crippen LogP contribution is 2.37. The second kappa shape index (κ2) is 16.0. The van der Waals surface area contributed by atoms with E-state index in [9.17, 15) is 19.2 Å². The Morgan fingerprint density at radius 3 is 2.67 bits per heavy atom. The van der Waals surface area contributed by atoms with Crippen LogP contribution in [0.4, 0.5) is 5.69 Å². The first-order valence-corrected chi connectivity index (χ1v) is 19.7. The van der Waals surface area contributed by atoms with E-state index in [4.69, 9.17) is 16.6 Å². The molecule has 4 aromatic heterocycles. The highest BCUT2D eigenvalue weighted by atomic mass is 35.5. The van der Waals surface area contributed by atoms with Crippen LogP contribution in [0, 0.1) is 25.7 Å². The fourth-order valence-corrected chi connectivity index (χ4v) is 8.42. The topological polar surface area (TPSA) is 174 Å². The molecule has 4 amide bonds. The van der Waals surface area contributed by atoms with Crippen LogP contribution in [0.5, 0.6) is 0 Å². The van der Waals surface area contributed by atoms with Crippen molar-refractivity contribution in [1.82, 2.24) is 44.3 Å². The van der Waals surface area contributed by atoms with Crippen molar-refractivity contribution in [3.8, 4) is 16.8 Å². The predicted octanol–water partition coefficient (Wildman–Crippen LogP) is 5.09. The number of aliphatic imine (C=N–C) groups is 1. The van der Waals surface area contributed by atoms with E-state index in [1.807, 2.05) is 52.8 Å². The Morgan fingerprint density at radius 1 is 1.03 bits per heavy atom. The first kappa shape index (κ1) is 38.2. The molecule has 0 aliphatic carbocycles. The molecule has 0 fully saturated rings. The van der Waals surface area contributed by atoms with E-state index in [-0.39, 0.29) is 18.4 Å². The van der Waals surface area contributed by atoms with Crippen molar-refractivity contribution in [2.75, 3.05) is 5.32 Å². The number of aromatic nitrogens is 7. The molecule has 8 rings (SSSR count). The third kappa shape index (κ3) is 7.44. The first-order valence-electron chi connectivity index (χ1n) is 18.5. The molecule has 17 heteroatoms. The van der Waals surface area contributed by atoms with E-state index in [1.165, 1.54) is 4.90 Å². The van der Waals surface area contributed by atoms with Crippen LogP contribution in [0.2, 0.25) is 5.02 Å². The summed E-state index contributed by atoms with van der Waals surface area (Å²) in [6.07, 6.45) is 7.87. The number of hydrogen-bond acceptors (Lipinski definition) is 11. The maximum absolute atomic E-state index is 13.4. The van der Waals surface area contributed by atoms with Crippen LogP contribution in [-0.2, 0) is 35.8 Å². The van der Waals surface area contributed by atoms with Crippen molar-refractivity contribution in [1.29, 1.82) is 0 Å². The fourth-order valence-electron chi connectivity index (χ4n) is 7.06. The SMILES string of the molecule is Cc1c(C#Cc2cnn(CCn3cnc(CNc4cccc5c4C(=O)N(C(C)CCC(=O)NC=O)C5=O)c3)c2)sc2c1C(c1ccc(Cl)cc1)=NCc1nnc(C)n1-2. The van der Waals surface area contributed by atoms with Gasteiger partial charge in [0.15, 0.2) is 5.82 Å². The van der Waals surface area contributed by atoms with E-state index >= 15 is 0 Å². The number of fused-ring (bicyclic) bond motifs is 4. The molecule has 15 nitrogen and oxygen atoms in total. The third-order valence-corrected chi connectivity index (χ3v) is 11.5. The molecule has 6 aromatic rings. The number of imidazole rings is 1. The average molecular weight is 814 g/mol. The number of anilines is 1. The van der Waals surface area contributed by atoms with Crippen LogP contribution in [-0.4, -0.2) is 74.9 Å². The minimum atomic E-state index is -0.536. The first-order chi connectivity index (χ1) is 28.1. The number of thiophene rings is 1. The number of rotatable bonds is 12. The number of amides is 4. The van der Waals surface area contributed by atoms with Crippen molar-refractivity contribution in [2.45, 2.75) is 65.8 Å². The summed E-state index contributed by atoms with van der Waals surface area (Å²) in [5.74, 6) is 6.93. The molecule has 2 aliphatic heterocycles. The molecule has 1 unspecified atom stereocenters. The Morgan fingerprint density at radius 2 is 1.86 bits per heavy atom. The summed E-state index contributed by atoms with van der Waals surface area (Å²) in [5, 5.41) is 20.2. The van der Waals surface area contributed by atoms with Crippen LogP contribution in [0.3, 0.4) is 0 Å². The Kier molecular flexibility index (Phi) is 10.6. The van der Waals surface area contributed by atoms with E-state index in [1.54, 1.807) is 49.0 Å². The minimum Gasteiger partial charge on any atom is -0.379 e. The number of aryl methyl sites for hydroxylation is 3. The number of nitrogens with zero attached hydrogens (tertiary/aromatic N) is 9. The smallest absolute Gasteiger partial charge is 0.263 e. The molecule has 6 heterocycles. The normalized spacial score (nSPS) is 13.5. The molecule has 0 bridgehead atoms. The molecule has 1 atom stereocenters. The van der Waals surface area contributed by atoms with Crippen molar-refractivity contribution in [2.24, 2.45) is 4.99 Å². The van der Waals surface area contributed by atoms with Crippen LogP contribution in [0.1, 0.15) is 85.0 Å². The van der Waals surface area contributed by atoms with Gasteiger partial charge in [0.1, 0.15) is 17.4 Å². The zero-order chi connectivity index (χ0) is 40.5. The minimum absolute atomic E-state index is 0.00429. The lowest BCUT2D eigenvalue weighted by Gasteiger charge is -2.22. The number of halogens is 1. The van der Waals surface area contributed by atoms with Gasteiger partial charge in [-0.15, -0.1) is 21.5 Å². The number of benzene rings is 2. The molecule has 292 valence electrons. The van der Waals surface area contributed by atoms with E-state index in [0.717, 1.165) is 55.2 Å². The zero-order valence-corrected chi connectivity index (χ0v) is 33.3. The number of imide groups is 2. The molecule has 0 radical (unpaired) electrons. The molecule has 2 N–H and O–H groups in total. The summed E-state index contributed by atoms with van der Waals surface area (Å²) in [7, 11) is 0. The van der Waals surface area contributed by atoms with Gasteiger partial charge in [-0.25, -0.2) is 4.98 Å². The highest BCUT2D eigenvalue weighted by Gasteiger charge is 2.40. The van der Waals surface area contributed by atoms with Crippen LogP contribution < -0.4 is 10.6 Å². The molecular formula is C41H36ClN11O4S. The van der Waals surface area contributed by atoms with Crippen LogP contribution in [0.15, 0.2) is 72.4 Å². The van der Waals surface area contributed by atoms with Gasteiger partial charge in [0.05, 0.1) is 58.6 Å². The molecule has 58 heavy (non-hydrogen) atoms. The van der Waals surface area contributed by atoms with Crippen molar-refractivity contribution < 1.29 is 19.2 Å². The standard InChI is InChI=1S/C41H36ClN11O4S/c1-24(7-14-35(55)46-23-54)52-39(56)31-5-4-6-32(37(31)40(52)57)43-18-30-21-50(22-45-30)15-16-51-20-27(17-47-51)8-13-33-25(2)36-38(28-9-11-29(42)12-10-28)44-19-34-49-48-26(3)53(34)41(36)58-33/h4-6,9-12,17,20-24,43H,7,14-16,18-19H2,1-3H3,(H,46,54,55). The van der Waals surface area contributed by atoms with Gasteiger partial charge in [0.2, 0.25) is 12.3 Å². The number of carbonyl (C=O) groups excluding carboxylic acids is 4. The summed E-state index contributed by atoms with van der Waals surface area (Å²) in [4.78, 5) is 60.5. The third-order valence-electron chi connectivity index (χ3n) is 10.0. The number of carbonyl (C=O) groups is 4. The van der Waals surface area contributed by atoms with Gasteiger partial charge in [-0.2, -0.15) is 5.10 Å². The summed E-state index contributed by atoms with van der Waals surface area (Å²) >= 11 is 7.80. The van der Waals surface area contributed by atoms with Crippen LogP contribution >= 0.6 is 22.9 Å². The van der Waals surface area contributed by atoms with Crippen LogP contribution in [0.25, 0.3) is 5.00 Å². The second-order valence-corrected chi connectivity index (χ2v) is 15.3. The second-order valence-electron chi connectivity index (χ2n) is 13.9. The summed E-state index contributed by atoms with van der Waals surface area (Å²) in [6.45, 7) is 7.64. The Balaban J connectivity index is 0.910. The van der Waals surface area contributed by atoms with Gasteiger partial charge in [0.25, 0.3) is 11.8 Å². The Labute approximate surface area is 341 Å². The predicted molar refractivity (Wildman–Crippen MR) is 217 cm³/mol. The molecule has 0 saturated carbocycles. The van der Waals surface area contributed by atoms with Crippen molar-refractivity contribution >= 4 is 58.5 Å². The maximum Gasteiger partial charge on any atom is 0.263 e. The molecule has 0 spiro atoms. The summed E-state index contributed by atoms with van der Waals surface area (Å²) in [5.41, 5.74) is 6.51. The lowest BCUT2D eigenvalue weighted by Crippen LogP contribution is -2.38. The quantitative estimate of drug-likeness (QED) is 0.0969. The van der Waals surface area contributed by atoms with Gasteiger partial charge in [-0.1, -0.05) is 41.6 Å². The van der Waals surface area contributed by atoms with Gasteiger partial charge in [-0.05, 0) is 57.0 Å². The van der Waals surface area contributed by atoms with E-state index in [0.29, 0.717) is 48.9 Å². The average Bonchev–Trinajstić information content (AvgIpc) is 4.04. The van der Waals surface area contributed by atoms with Gasteiger partial charge >= 0.3 is 0 Å². The van der Waals surface area contributed by atoms with Gasteiger partial charge < -0.3 is 9.88 Å². The molecular weight excluding hydrogens is 778 g/mol. The Bertz CT molecular complexity index is 2700. The summed E-state index contributed by atoms with van der Waals surface area (Å²) in [6, 6.07) is 12.3. The van der Waals surface area contributed by atoms with Crippen molar-refractivity contribution in [3.05, 3.63) is 128 Å². The molecule has 2 aliphatic rings. The molecule has 0 saturated heterocycles. The molecule has 2 aromatic carbocycles. The number of hydrogen-bond donors (Lipinski definition) is 2. The highest BCUT2D eigenvalue weighted by molar-refractivity contribution is 7.15. The Hall–Kier alpha value is -6.70. The van der Waals surface area contributed by atoms with Crippen molar-refractivity contribution in [3.63, 3.8) is 0 Å². The van der Waals surface area contributed by atoms with E-state index in [2.05, 4.69) is 54.2 Å². The monoisotopic (exact) mass is 813 g/mol. The largest absolute Gasteiger partial charge is 0.379 e. The lowest BCUT2D eigenvalue weighted by molar-refractivity contribution is -0.125. The van der Waals surface area contributed by atoms with E-state index < -0.39 is 23.8 Å². The van der Waals surface area contributed by atoms with Gasteiger partial charge in [-0.3, -0.25) is 43.6 Å².